The van der Waals surface area contributed by atoms with Crippen LogP contribution in [-0.2, 0) is 9.84 Å². The lowest BCUT2D eigenvalue weighted by Crippen LogP contribution is -2.26. The third kappa shape index (κ3) is 3.58. The lowest BCUT2D eigenvalue weighted by Gasteiger charge is -2.29. The number of primary amides is 1. The van der Waals surface area contributed by atoms with Gasteiger partial charge in [0.2, 0.25) is 0 Å². The fourth-order valence-corrected chi connectivity index (χ4v) is 7.35. The number of H-pyrrole nitrogens is 1. The number of fused-ring (bicyclic) bond motifs is 1. The van der Waals surface area contributed by atoms with Gasteiger partial charge in [0, 0.05) is 16.5 Å². The summed E-state index contributed by atoms with van der Waals surface area (Å²) in [5.41, 5.74) is 9.69. The van der Waals surface area contributed by atoms with Gasteiger partial charge in [-0.25, -0.2) is 8.42 Å². The molecule has 0 saturated carbocycles. The highest BCUT2D eigenvalue weighted by Crippen LogP contribution is 2.44. The minimum Gasteiger partial charge on any atom is -0.366 e. The van der Waals surface area contributed by atoms with Gasteiger partial charge >= 0.3 is 0 Å². The summed E-state index contributed by atoms with van der Waals surface area (Å²) in [6.45, 7) is 0. The maximum atomic E-state index is 12.8. The number of sulfone groups is 1. The van der Waals surface area contributed by atoms with Gasteiger partial charge in [0.15, 0.2) is 9.84 Å². The number of amides is 1. The molecule has 1 aliphatic rings. The Kier molecular flexibility index (Phi) is 4.95. The Morgan fingerprint density at radius 2 is 1.90 bits per heavy atom. The largest absolute Gasteiger partial charge is 0.366 e. The minimum atomic E-state index is -3.20. The molecule has 7 heteroatoms. The highest BCUT2D eigenvalue weighted by atomic mass is 32.2. The summed E-state index contributed by atoms with van der Waals surface area (Å²) >= 11 is 1.60. The maximum Gasteiger partial charge on any atom is 0.250 e. The van der Waals surface area contributed by atoms with Crippen molar-refractivity contribution in [2.24, 2.45) is 5.73 Å². The first-order chi connectivity index (χ1) is 14.9. The predicted molar refractivity (Wildman–Crippen MR) is 125 cm³/mol. The third-order valence-corrected chi connectivity index (χ3v) is 9.24. The van der Waals surface area contributed by atoms with Gasteiger partial charge in [-0.1, -0.05) is 36.4 Å². The molecule has 5 nitrogen and oxygen atoms in total. The molecular formula is C24H22N2O3S2. The molecule has 2 aromatic heterocycles. The van der Waals surface area contributed by atoms with Gasteiger partial charge in [-0.15, -0.1) is 11.3 Å². The molecule has 158 valence electrons. The van der Waals surface area contributed by atoms with Gasteiger partial charge in [-0.05, 0) is 59.0 Å². The van der Waals surface area contributed by atoms with E-state index in [4.69, 9.17) is 5.73 Å². The van der Waals surface area contributed by atoms with Crippen LogP contribution in [0.4, 0.5) is 0 Å². The molecule has 1 fully saturated rings. The first kappa shape index (κ1) is 20.0. The van der Waals surface area contributed by atoms with E-state index < -0.39 is 21.0 Å². The lowest BCUT2D eigenvalue weighted by atomic mass is 9.88. The number of hydrogen-bond acceptors (Lipinski definition) is 4. The Hall–Kier alpha value is -2.90. The van der Waals surface area contributed by atoms with Crippen LogP contribution in [0, 0.1) is 0 Å². The Labute approximate surface area is 184 Å². The van der Waals surface area contributed by atoms with E-state index in [0.717, 1.165) is 27.0 Å². The van der Waals surface area contributed by atoms with E-state index in [2.05, 4.69) is 11.1 Å². The maximum absolute atomic E-state index is 12.8. The van der Waals surface area contributed by atoms with Crippen molar-refractivity contribution in [1.82, 2.24) is 4.98 Å². The minimum absolute atomic E-state index is 0.0711. The highest BCUT2D eigenvalue weighted by molar-refractivity contribution is 7.91. The second kappa shape index (κ2) is 7.66. The van der Waals surface area contributed by atoms with E-state index in [9.17, 15) is 13.2 Å². The molecule has 0 radical (unpaired) electrons. The molecule has 2 atom stereocenters. The SMILES string of the molecule is NC(=O)c1cc(-c2cccs2)cc2c(C3CCS(=O)(=O)C(c4ccccc4)C3)c[nH]c12. The van der Waals surface area contributed by atoms with E-state index in [1.54, 1.807) is 11.3 Å². The summed E-state index contributed by atoms with van der Waals surface area (Å²) in [6, 6.07) is 17.3. The van der Waals surface area contributed by atoms with Crippen LogP contribution in [0.5, 0.6) is 0 Å². The molecule has 2 aromatic carbocycles. The van der Waals surface area contributed by atoms with Crippen LogP contribution in [-0.4, -0.2) is 25.1 Å². The van der Waals surface area contributed by atoms with E-state index >= 15 is 0 Å². The Morgan fingerprint density at radius 3 is 2.61 bits per heavy atom. The van der Waals surface area contributed by atoms with Crippen molar-refractivity contribution in [3.05, 3.63) is 82.9 Å². The Morgan fingerprint density at radius 1 is 1.10 bits per heavy atom. The number of aromatic amines is 1. The van der Waals surface area contributed by atoms with Crippen molar-refractivity contribution in [2.45, 2.75) is 24.0 Å². The van der Waals surface area contributed by atoms with E-state index in [-0.39, 0.29) is 11.7 Å². The zero-order chi connectivity index (χ0) is 21.6. The van der Waals surface area contributed by atoms with Gasteiger partial charge in [0.1, 0.15) is 0 Å². The second-order valence-electron chi connectivity index (χ2n) is 8.02. The van der Waals surface area contributed by atoms with Crippen molar-refractivity contribution in [1.29, 1.82) is 0 Å². The average Bonchev–Trinajstić information content (AvgIpc) is 3.44. The Bertz CT molecular complexity index is 1360. The number of hydrogen-bond donors (Lipinski definition) is 2. The second-order valence-corrected chi connectivity index (χ2v) is 11.3. The monoisotopic (exact) mass is 450 g/mol. The standard InChI is InChI=1S/C24H22N2O3S2/c25-24(27)19-12-17(21-7-4-9-30-21)11-18-20(14-26-23(18)19)16-8-10-31(28,29)22(13-16)15-5-2-1-3-6-15/h1-7,9,11-12,14,16,22,26H,8,10,13H2,(H2,25,27). The Balaban J connectivity index is 1.61. The molecule has 3 heterocycles. The quantitative estimate of drug-likeness (QED) is 0.457. The number of nitrogens with two attached hydrogens (primary N) is 1. The average molecular weight is 451 g/mol. The topological polar surface area (TPSA) is 93.0 Å². The molecule has 3 N–H and O–H groups in total. The summed E-state index contributed by atoms with van der Waals surface area (Å²) < 4.78 is 25.7. The van der Waals surface area contributed by atoms with Crippen LogP contribution in [0.3, 0.4) is 0 Å². The predicted octanol–water partition coefficient (Wildman–Crippen LogP) is 5.03. The van der Waals surface area contributed by atoms with Crippen LogP contribution >= 0.6 is 11.3 Å². The molecule has 0 bridgehead atoms. The van der Waals surface area contributed by atoms with E-state index in [1.165, 1.54) is 0 Å². The summed E-state index contributed by atoms with van der Waals surface area (Å²) in [7, 11) is -3.20. The number of rotatable bonds is 4. The molecule has 1 amide bonds. The van der Waals surface area contributed by atoms with Crippen molar-refractivity contribution < 1.29 is 13.2 Å². The van der Waals surface area contributed by atoms with Gasteiger partial charge in [0.05, 0.1) is 22.1 Å². The zero-order valence-corrected chi connectivity index (χ0v) is 18.4. The molecular weight excluding hydrogens is 428 g/mol. The summed E-state index contributed by atoms with van der Waals surface area (Å²) in [4.78, 5) is 16.5. The molecule has 1 saturated heterocycles. The third-order valence-electron chi connectivity index (χ3n) is 6.19. The van der Waals surface area contributed by atoms with E-state index in [1.807, 2.05) is 60.1 Å². The highest BCUT2D eigenvalue weighted by Gasteiger charge is 2.36. The fourth-order valence-electron chi connectivity index (χ4n) is 4.64. The first-order valence-electron chi connectivity index (χ1n) is 10.2. The first-order valence-corrected chi connectivity index (χ1v) is 12.8. The summed E-state index contributed by atoms with van der Waals surface area (Å²) in [5, 5.41) is 2.42. The number of benzene rings is 2. The van der Waals surface area contributed by atoms with Crippen molar-refractivity contribution in [3.63, 3.8) is 0 Å². The number of aromatic nitrogens is 1. The van der Waals surface area contributed by atoms with Crippen LogP contribution in [0.2, 0.25) is 0 Å². The number of thiophene rings is 1. The molecule has 5 rings (SSSR count). The van der Waals surface area contributed by atoms with Crippen LogP contribution < -0.4 is 5.73 Å². The van der Waals surface area contributed by atoms with Crippen molar-refractivity contribution in [3.8, 4) is 10.4 Å². The van der Waals surface area contributed by atoms with Crippen LogP contribution in [0.15, 0.2) is 66.2 Å². The van der Waals surface area contributed by atoms with Crippen LogP contribution in [0.25, 0.3) is 21.3 Å². The zero-order valence-electron chi connectivity index (χ0n) is 16.7. The van der Waals surface area contributed by atoms with Crippen molar-refractivity contribution >= 4 is 38.0 Å². The molecule has 0 spiro atoms. The summed E-state index contributed by atoms with van der Waals surface area (Å²) in [6.07, 6.45) is 3.00. The van der Waals surface area contributed by atoms with Gasteiger partial charge in [0.25, 0.3) is 5.91 Å². The number of carbonyl (C=O) groups excluding carboxylic acids is 1. The van der Waals surface area contributed by atoms with Gasteiger partial charge in [-0.3, -0.25) is 4.79 Å². The fraction of sp³-hybridized carbons (Fsp3) is 0.208. The van der Waals surface area contributed by atoms with Crippen LogP contribution in [0.1, 0.15) is 45.5 Å². The van der Waals surface area contributed by atoms with Gasteiger partial charge in [-0.2, -0.15) is 0 Å². The smallest absolute Gasteiger partial charge is 0.250 e. The lowest BCUT2D eigenvalue weighted by molar-refractivity contribution is 0.100. The van der Waals surface area contributed by atoms with E-state index in [0.29, 0.717) is 23.9 Å². The molecule has 0 aliphatic carbocycles. The molecule has 2 unspecified atom stereocenters. The molecule has 4 aromatic rings. The number of carbonyl (C=O) groups is 1. The molecule has 31 heavy (non-hydrogen) atoms. The number of nitrogens with one attached hydrogen (secondary N) is 1. The molecule has 1 aliphatic heterocycles. The summed E-state index contributed by atoms with van der Waals surface area (Å²) in [5.74, 6) is -0.260. The van der Waals surface area contributed by atoms with Crippen molar-refractivity contribution in [2.75, 3.05) is 5.75 Å². The normalized spacial score (nSPS) is 20.6. The van der Waals surface area contributed by atoms with Gasteiger partial charge < -0.3 is 10.7 Å².